The van der Waals surface area contributed by atoms with E-state index in [2.05, 4.69) is 39.4 Å². The maximum absolute atomic E-state index is 5.48. The minimum atomic E-state index is 0.516. The zero-order valence-corrected chi connectivity index (χ0v) is 13.5. The van der Waals surface area contributed by atoms with E-state index in [-0.39, 0.29) is 0 Å². The molecular formula is C20H14N4O. The van der Waals surface area contributed by atoms with Crippen LogP contribution in [-0.2, 0) is 7.05 Å². The van der Waals surface area contributed by atoms with Crippen molar-refractivity contribution in [1.82, 2.24) is 19.7 Å². The lowest BCUT2D eigenvalue weighted by Crippen LogP contribution is -1.85. The highest BCUT2D eigenvalue weighted by atomic mass is 16.5. The molecule has 2 aromatic heterocycles. The van der Waals surface area contributed by atoms with Gasteiger partial charge < -0.3 is 9.09 Å². The van der Waals surface area contributed by atoms with Crippen LogP contribution in [0.15, 0.2) is 71.5 Å². The van der Waals surface area contributed by atoms with Crippen LogP contribution >= 0.6 is 0 Å². The highest BCUT2D eigenvalue weighted by Crippen LogP contribution is 2.26. The maximum Gasteiger partial charge on any atom is 0.258 e. The third kappa shape index (κ3) is 2.29. The molecule has 5 aromatic rings. The molecule has 120 valence electrons. The Hall–Kier alpha value is -3.47. The Morgan fingerprint density at radius 1 is 0.880 bits per heavy atom. The predicted octanol–water partition coefficient (Wildman–Crippen LogP) is 4.44. The fourth-order valence-electron chi connectivity index (χ4n) is 3.06. The first-order chi connectivity index (χ1) is 12.3. The average Bonchev–Trinajstić information content (AvgIpc) is 3.29. The average molecular weight is 326 g/mol. The van der Waals surface area contributed by atoms with Gasteiger partial charge in [0.15, 0.2) is 0 Å². The first-order valence-corrected chi connectivity index (χ1v) is 8.02. The van der Waals surface area contributed by atoms with Crippen molar-refractivity contribution in [1.29, 1.82) is 0 Å². The van der Waals surface area contributed by atoms with Gasteiger partial charge in [0.2, 0.25) is 5.82 Å². The molecular weight excluding hydrogens is 312 g/mol. The van der Waals surface area contributed by atoms with Gasteiger partial charge in [0.25, 0.3) is 5.89 Å². The molecule has 25 heavy (non-hydrogen) atoms. The van der Waals surface area contributed by atoms with Gasteiger partial charge in [-0.15, -0.1) is 0 Å². The molecule has 0 saturated carbocycles. The van der Waals surface area contributed by atoms with Crippen LogP contribution in [-0.4, -0.2) is 19.7 Å². The number of hydrogen-bond donors (Lipinski definition) is 0. The fraction of sp³-hybridized carbons (Fsp3) is 0.0500. The Morgan fingerprint density at radius 2 is 1.72 bits per heavy atom. The van der Waals surface area contributed by atoms with Crippen molar-refractivity contribution < 1.29 is 4.52 Å². The lowest BCUT2D eigenvalue weighted by molar-refractivity contribution is 0.432. The summed E-state index contributed by atoms with van der Waals surface area (Å²) < 4.78 is 7.47. The number of hydrogen-bond acceptors (Lipinski definition) is 4. The first-order valence-electron chi connectivity index (χ1n) is 8.02. The van der Waals surface area contributed by atoms with Crippen LogP contribution in [0.25, 0.3) is 44.6 Å². The van der Waals surface area contributed by atoms with E-state index < -0.39 is 0 Å². The molecule has 0 bridgehead atoms. The molecule has 5 nitrogen and oxygen atoms in total. The molecule has 0 amide bonds. The van der Waals surface area contributed by atoms with Gasteiger partial charge in [0.1, 0.15) is 0 Å². The summed E-state index contributed by atoms with van der Waals surface area (Å²) in [5, 5.41) is 6.47. The summed E-state index contributed by atoms with van der Waals surface area (Å²) >= 11 is 0. The molecule has 0 atom stereocenters. The van der Waals surface area contributed by atoms with Crippen LogP contribution in [0, 0.1) is 0 Å². The molecule has 0 unspecified atom stereocenters. The maximum atomic E-state index is 5.48. The van der Waals surface area contributed by atoms with Crippen LogP contribution in [0.3, 0.4) is 0 Å². The number of benzene rings is 3. The van der Waals surface area contributed by atoms with E-state index in [1.54, 1.807) is 6.33 Å². The van der Waals surface area contributed by atoms with Crippen LogP contribution in [0.2, 0.25) is 0 Å². The summed E-state index contributed by atoms with van der Waals surface area (Å²) in [5.74, 6) is 1.08. The predicted molar refractivity (Wildman–Crippen MR) is 96.9 cm³/mol. The number of rotatable bonds is 2. The molecule has 0 radical (unpaired) electrons. The van der Waals surface area contributed by atoms with E-state index in [1.807, 2.05) is 48.0 Å². The third-order valence-electron chi connectivity index (χ3n) is 4.41. The summed E-state index contributed by atoms with van der Waals surface area (Å²) in [6, 6.07) is 20.3. The summed E-state index contributed by atoms with van der Waals surface area (Å²) in [7, 11) is 1.97. The summed E-state index contributed by atoms with van der Waals surface area (Å²) in [5.41, 5.74) is 3.79. The molecule has 0 spiro atoms. The SMILES string of the molecule is Cn1cnc2cc(-c3noc(-c4ccc5ccccc5c4)n3)ccc21. The minimum absolute atomic E-state index is 0.516. The zero-order valence-electron chi connectivity index (χ0n) is 13.5. The molecule has 0 fully saturated rings. The Kier molecular flexibility index (Phi) is 2.94. The topological polar surface area (TPSA) is 56.7 Å². The van der Waals surface area contributed by atoms with Crippen LogP contribution < -0.4 is 0 Å². The van der Waals surface area contributed by atoms with E-state index in [4.69, 9.17) is 4.52 Å². The van der Waals surface area contributed by atoms with Crippen LogP contribution in [0.1, 0.15) is 0 Å². The summed E-state index contributed by atoms with van der Waals surface area (Å²) in [6.45, 7) is 0. The quantitative estimate of drug-likeness (QED) is 0.481. The summed E-state index contributed by atoms with van der Waals surface area (Å²) in [6.07, 6.45) is 1.80. The molecule has 0 N–H and O–H groups in total. The molecule has 0 aliphatic carbocycles. The Bertz CT molecular complexity index is 1220. The van der Waals surface area contributed by atoms with E-state index in [9.17, 15) is 0 Å². The number of aryl methyl sites for hydroxylation is 1. The van der Waals surface area contributed by atoms with Gasteiger partial charge in [-0.2, -0.15) is 4.98 Å². The highest BCUT2D eigenvalue weighted by Gasteiger charge is 2.12. The molecule has 2 heterocycles. The van der Waals surface area contributed by atoms with Gasteiger partial charge in [-0.05, 0) is 41.1 Å². The second-order valence-corrected chi connectivity index (χ2v) is 6.04. The lowest BCUT2D eigenvalue weighted by atomic mass is 10.1. The van der Waals surface area contributed by atoms with Crippen LogP contribution in [0.4, 0.5) is 0 Å². The molecule has 0 aliphatic heterocycles. The van der Waals surface area contributed by atoms with Gasteiger partial charge in [0, 0.05) is 18.2 Å². The van der Waals surface area contributed by atoms with Gasteiger partial charge in [-0.1, -0.05) is 35.5 Å². The second kappa shape index (κ2) is 5.27. The fourth-order valence-corrected chi connectivity index (χ4v) is 3.06. The van der Waals surface area contributed by atoms with E-state index in [1.165, 1.54) is 5.39 Å². The third-order valence-corrected chi connectivity index (χ3v) is 4.41. The van der Waals surface area contributed by atoms with Crippen molar-refractivity contribution in [3.63, 3.8) is 0 Å². The normalized spacial score (nSPS) is 11.4. The minimum Gasteiger partial charge on any atom is -0.334 e. The van der Waals surface area contributed by atoms with Crippen molar-refractivity contribution in [3.05, 3.63) is 67.0 Å². The van der Waals surface area contributed by atoms with Crippen molar-refractivity contribution in [2.24, 2.45) is 7.05 Å². The van der Waals surface area contributed by atoms with E-state index >= 15 is 0 Å². The lowest BCUT2D eigenvalue weighted by Gasteiger charge is -1.99. The first kappa shape index (κ1) is 13.9. The smallest absolute Gasteiger partial charge is 0.258 e. The Morgan fingerprint density at radius 3 is 2.64 bits per heavy atom. The summed E-state index contributed by atoms with van der Waals surface area (Å²) in [4.78, 5) is 8.94. The number of fused-ring (bicyclic) bond motifs is 2. The van der Waals surface area contributed by atoms with Crippen molar-refractivity contribution in [2.75, 3.05) is 0 Å². The monoisotopic (exact) mass is 326 g/mol. The molecule has 5 heteroatoms. The van der Waals surface area contributed by atoms with Gasteiger partial charge in [-0.3, -0.25) is 0 Å². The van der Waals surface area contributed by atoms with E-state index in [0.29, 0.717) is 11.7 Å². The largest absolute Gasteiger partial charge is 0.334 e. The van der Waals surface area contributed by atoms with Gasteiger partial charge >= 0.3 is 0 Å². The Labute approximate surface area is 143 Å². The van der Waals surface area contributed by atoms with Crippen molar-refractivity contribution >= 4 is 21.8 Å². The van der Waals surface area contributed by atoms with Crippen molar-refractivity contribution in [2.45, 2.75) is 0 Å². The van der Waals surface area contributed by atoms with Crippen molar-refractivity contribution in [3.8, 4) is 22.8 Å². The highest BCUT2D eigenvalue weighted by molar-refractivity contribution is 5.86. The standard InChI is InChI=1S/C20H14N4O/c1-24-12-21-17-11-15(8-9-18(17)24)19-22-20(25-23-19)16-7-6-13-4-2-3-5-14(13)10-16/h2-12H,1H3. The van der Waals surface area contributed by atoms with Gasteiger partial charge in [0.05, 0.1) is 17.4 Å². The number of imidazole rings is 1. The number of aromatic nitrogens is 4. The van der Waals surface area contributed by atoms with Crippen LogP contribution in [0.5, 0.6) is 0 Å². The number of nitrogens with zero attached hydrogens (tertiary/aromatic N) is 4. The Balaban J connectivity index is 1.56. The molecule has 5 rings (SSSR count). The van der Waals surface area contributed by atoms with Gasteiger partial charge in [-0.25, -0.2) is 4.98 Å². The van der Waals surface area contributed by atoms with E-state index in [0.717, 1.165) is 27.5 Å². The molecule has 0 saturated heterocycles. The zero-order chi connectivity index (χ0) is 16.8. The second-order valence-electron chi connectivity index (χ2n) is 6.04. The molecule has 3 aromatic carbocycles. The molecule has 0 aliphatic rings.